The fourth-order valence-electron chi connectivity index (χ4n) is 5.97. The Morgan fingerprint density at radius 2 is 2.14 bits per heavy atom. The van der Waals surface area contributed by atoms with Crippen molar-refractivity contribution in [2.24, 2.45) is 29.1 Å². The second-order valence-electron chi connectivity index (χ2n) is 7.69. The Kier molecular flexibility index (Phi) is 3.22. The van der Waals surface area contributed by atoms with Crippen LogP contribution in [0.15, 0.2) is 23.3 Å². The van der Waals surface area contributed by atoms with Crippen molar-refractivity contribution < 1.29 is 4.79 Å². The number of fused-ring (bicyclic) bond motifs is 5. The van der Waals surface area contributed by atoms with Gasteiger partial charge in [-0.3, -0.25) is 4.79 Å². The molecule has 4 rings (SSSR count). The number of rotatable bonds is 0. The van der Waals surface area contributed by atoms with Crippen molar-refractivity contribution in [1.82, 2.24) is 5.32 Å². The molecule has 0 radical (unpaired) electrons. The molecule has 1 heterocycles. The lowest BCUT2D eigenvalue weighted by Gasteiger charge is -2.53. The van der Waals surface area contributed by atoms with Crippen LogP contribution in [0.1, 0.15) is 45.4 Å². The van der Waals surface area contributed by atoms with Gasteiger partial charge in [0, 0.05) is 17.5 Å². The van der Waals surface area contributed by atoms with Crippen molar-refractivity contribution >= 4 is 17.5 Å². The maximum Gasteiger partial charge on any atom is 0.243 e. The van der Waals surface area contributed by atoms with Gasteiger partial charge < -0.3 is 5.32 Å². The minimum Gasteiger partial charge on any atom is -0.349 e. The molecule has 3 aliphatic carbocycles. The maximum absolute atomic E-state index is 11.6. The molecule has 114 valence electrons. The topological polar surface area (TPSA) is 29.1 Å². The first-order valence-electron chi connectivity index (χ1n) is 8.42. The first kappa shape index (κ1) is 13.9. The number of carbonyl (C=O) groups excluding carboxylic acids is 1. The maximum atomic E-state index is 11.6. The van der Waals surface area contributed by atoms with Gasteiger partial charge in [-0.05, 0) is 67.8 Å². The van der Waals surface area contributed by atoms with Gasteiger partial charge in [0.25, 0.3) is 0 Å². The van der Waals surface area contributed by atoms with Crippen molar-refractivity contribution in [2.75, 3.05) is 0 Å². The second-order valence-corrected chi connectivity index (χ2v) is 7.91. The summed E-state index contributed by atoms with van der Waals surface area (Å²) in [5.41, 5.74) is 3.70. The molecule has 21 heavy (non-hydrogen) atoms. The van der Waals surface area contributed by atoms with Crippen LogP contribution in [0, 0.1) is 29.1 Å². The molecule has 0 aromatic carbocycles. The summed E-state index contributed by atoms with van der Waals surface area (Å²) in [5.74, 6) is 3.04. The zero-order chi connectivity index (χ0) is 14.6. The molecule has 0 unspecified atom stereocenters. The highest BCUT2D eigenvalue weighted by atomic mass is 35.5. The van der Waals surface area contributed by atoms with Crippen LogP contribution < -0.4 is 5.32 Å². The summed E-state index contributed by atoms with van der Waals surface area (Å²) in [7, 11) is 0. The highest BCUT2D eigenvalue weighted by molar-refractivity contribution is 6.25. The van der Waals surface area contributed by atoms with E-state index >= 15 is 0 Å². The molecule has 4 aliphatic rings. The summed E-state index contributed by atoms with van der Waals surface area (Å²) in [6, 6.07) is 0.387. The molecule has 6 atom stereocenters. The lowest BCUT2D eigenvalue weighted by molar-refractivity contribution is -0.119. The van der Waals surface area contributed by atoms with Crippen molar-refractivity contribution in [1.29, 1.82) is 0 Å². The first-order chi connectivity index (χ1) is 10.1. The fraction of sp³-hybridized carbons (Fsp3) is 0.722. The van der Waals surface area contributed by atoms with Crippen LogP contribution in [0.25, 0.3) is 0 Å². The SMILES string of the molecule is C[C@]12CC[C@@H]3[C@H]4C=CC(=O)N[C@@H]4CC[C@H]3[C@@H]1CC/C2=C\Cl. The number of halogens is 1. The lowest BCUT2D eigenvalue weighted by Crippen LogP contribution is -2.53. The van der Waals surface area contributed by atoms with Gasteiger partial charge in [0.05, 0.1) is 0 Å². The highest BCUT2D eigenvalue weighted by Gasteiger charge is 2.54. The van der Waals surface area contributed by atoms with Gasteiger partial charge >= 0.3 is 0 Å². The van der Waals surface area contributed by atoms with Crippen molar-refractivity contribution in [3.05, 3.63) is 23.3 Å². The third-order valence-electron chi connectivity index (χ3n) is 7.04. The molecule has 0 aromatic rings. The number of nitrogens with one attached hydrogen (secondary N) is 1. The molecule has 2 nitrogen and oxygen atoms in total. The van der Waals surface area contributed by atoms with E-state index in [0.717, 1.165) is 24.2 Å². The molecule has 0 bridgehead atoms. The molecule has 1 N–H and O–H groups in total. The highest BCUT2D eigenvalue weighted by Crippen LogP contribution is 2.62. The number of allylic oxidation sites excluding steroid dienone is 1. The Morgan fingerprint density at radius 3 is 2.95 bits per heavy atom. The molecule has 3 fully saturated rings. The zero-order valence-corrected chi connectivity index (χ0v) is 13.4. The van der Waals surface area contributed by atoms with E-state index in [1.54, 1.807) is 6.08 Å². The number of carbonyl (C=O) groups is 1. The summed E-state index contributed by atoms with van der Waals surface area (Å²) in [4.78, 5) is 11.6. The van der Waals surface area contributed by atoms with E-state index < -0.39 is 0 Å². The predicted octanol–water partition coefficient (Wildman–Crippen LogP) is 4.02. The fourth-order valence-corrected chi connectivity index (χ4v) is 6.33. The van der Waals surface area contributed by atoms with Crippen LogP contribution >= 0.6 is 11.6 Å². The Bertz CT molecular complexity index is 525. The molecule has 1 aliphatic heterocycles. The molecule has 0 aromatic heterocycles. The predicted molar refractivity (Wildman–Crippen MR) is 84.8 cm³/mol. The summed E-state index contributed by atoms with van der Waals surface area (Å²) in [6.45, 7) is 2.44. The van der Waals surface area contributed by atoms with E-state index in [9.17, 15) is 4.79 Å². The van der Waals surface area contributed by atoms with Gasteiger partial charge in [0.1, 0.15) is 0 Å². The lowest BCUT2D eigenvalue weighted by atomic mass is 9.53. The molecule has 0 spiro atoms. The Morgan fingerprint density at radius 1 is 1.29 bits per heavy atom. The van der Waals surface area contributed by atoms with Crippen LogP contribution in [0.5, 0.6) is 0 Å². The monoisotopic (exact) mass is 305 g/mol. The Balaban J connectivity index is 1.63. The van der Waals surface area contributed by atoms with Gasteiger partial charge in [-0.25, -0.2) is 0 Å². The van der Waals surface area contributed by atoms with Crippen LogP contribution in [0.3, 0.4) is 0 Å². The quantitative estimate of drug-likeness (QED) is 0.719. The van der Waals surface area contributed by atoms with Gasteiger partial charge in [-0.1, -0.05) is 30.2 Å². The smallest absolute Gasteiger partial charge is 0.243 e. The van der Waals surface area contributed by atoms with E-state index in [1.165, 1.54) is 37.7 Å². The first-order valence-corrected chi connectivity index (χ1v) is 8.85. The minimum atomic E-state index is 0.101. The standard InChI is InChI=1S/C18H24ClNO/c1-18-9-8-12-13(15(18)5-2-11(18)10-19)3-6-16-14(12)4-7-17(21)20-16/h4,7,10,12-16H,2-3,5-6,8-9H2,1H3,(H,20,21)/b11-10+/t12-,13+,14+,15-,16+,18+/m0/s1. The van der Waals surface area contributed by atoms with Crippen molar-refractivity contribution in [3.8, 4) is 0 Å². The van der Waals surface area contributed by atoms with Gasteiger partial charge in [-0.15, -0.1) is 0 Å². The average Bonchev–Trinajstić information content (AvgIpc) is 2.83. The largest absolute Gasteiger partial charge is 0.349 e. The average molecular weight is 306 g/mol. The summed E-state index contributed by atoms with van der Waals surface area (Å²) in [6.07, 6.45) is 11.4. The normalized spacial score (nSPS) is 50.3. The van der Waals surface area contributed by atoms with Gasteiger partial charge in [-0.2, -0.15) is 0 Å². The molecule has 3 heteroatoms. The van der Waals surface area contributed by atoms with E-state index in [2.05, 4.69) is 18.3 Å². The molecular weight excluding hydrogens is 282 g/mol. The van der Waals surface area contributed by atoms with E-state index in [4.69, 9.17) is 11.6 Å². The third-order valence-corrected chi connectivity index (χ3v) is 7.30. The summed E-state index contributed by atoms with van der Waals surface area (Å²) < 4.78 is 0. The van der Waals surface area contributed by atoms with E-state index in [0.29, 0.717) is 17.4 Å². The minimum absolute atomic E-state index is 0.101. The van der Waals surface area contributed by atoms with E-state index in [1.807, 2.05) is 5.54 Å². The van der Waals surface area contributed by atoms with E-state index in [-0.39, 0.29) is 5.91 Å². The number of hydrogen-bond donors (Lipinski definition) is 1. The van der Waals surface area contributed by atoms with Crippen LogP contribution in [-0.4, -0.2) is 11.9 Å². The van der Waals surface area contributed by atoms with Gasteiger partial charge in [0.2, 0.25) is 5.91 Å². The molecule has 0 saturated heterocycles. The van der Waals surface area contributed by atoms with Crippen LogP contribution in [-0.2, 0) is 4.79 Å². The molecular formula is C18H24ClNO. The van der Waals surface area contributed by atoms with Crippen molar-refractivity contribution in [3.63, 3.8) is 0 Å². The van der Waals surface area contributed by atoms with Crippen molar-refractivity contribution in [2.45, 2.75) is 51.5 Å². The molecule has 3 saturated carbocycles. The Labute approximate surface area is 132 Å². The summed E-state index contributed by atoms with van der Waals surface area (Å²) >= 11 is 6.10. The summed E-state index contributed by atoms with van der Waals surface area (Å²) in [5, 5.41) is 3.18. The Hall–Kier alpha value is -0.760. The van der Waals surface area contributed by atoms with Crippen LogP contribution in [0.2, 0.25) is 0 Å². The molecule has 1 amide bonds. The third kappa shape index (κ3) is 1.94. The number of hydrogen-bond acceptors (Lipinski definition) is 1. The van der Waals surface area contributed by atoms with Crippen LogP contribution in [0.4, 0.5) is 0 Å². The van der Waals surface area contributed by atoms with Gasteiger partial charge in [0.15, 0.2) is 0 Å². The second kappa shape index (κ2) is 4.87. The zero-order valence-electron chi connectivity index (χ0n) is 12.6. The number of amides is 1.